The number of benzene rings is 1. The first-order valence-electron chi connectivity index (χ1n) is 5.75. The largest absolute Gasteiger partial charge is 0.480 e. The number of carbonyl (C=O) groups excluding carboxylic acids is 1. The van der Waals surface area contributed by atoms with Crippen LogP contribution in [0.1, 0.15) is 15.9 Å². The third-order valence-corrected chi connectivity index (χ3v) is 2.91. The van der Waals surface area contributed by atoms with Gasteiger partial charge in [0.2, 0.25) is 0 Å². The van der Waals surface area contributed by atoms with Crippen LogP contribution in [0, 0.1) is 11.3 Å². The van der Waals surface area contributed by atoms with E-state index in [1.165, 1.54) is 11.0 Å². The van der Waals surface area contributed by atoms with Gasteiger partial charge in [-0.15, -0.1) is 0 Å². The monoisotopic (exact) mass is 260 g/mol. The van der Waals surface area contributed by atoms with Gasteiger partial charge in [0.15, 0.2) is 6.04 Å². The molecule has 1 aliphatic heterocycles. The predicted octanol–water partition coefficient (Wildman–Crippen LogP) is 0.484. The van der Waals surface area contributed by atoms with E-state index in [9.17, 15) is 9.59 Å². The van der Waals surface area contributed by atoms with E-state index < -0.39 is 17.9 Å². The van der Waals surface area contributed by atoms with Gasteiger partial charge in [-0.3, -0.25) is 4.79 Å². The number of nitrogens with zero attached hydrogens (tertiary/aromatic N) is 2. The second-order valence-electron chi connectivity index (χ2n) is 4.12. The second-order valence-corrected chi connectivity index (χ2v) is 4.12. The molecule has 6 heteroatoms. The van der Waals surface area contributed by atoms with Crippen molar-refractivity contribution in [2.45, 2.75) is 6.04 Å². The molecule has 1 atom stereocenters. The van der Waals surface area contributed by atoms with Crippen LogP contribution < -0.4 is 0 Å². The van der Waals surface area contributed by atoms with Crippen LogP contribution in [-0.2, 0) is 9.53 Å². The van der Waals surface area contributed by atoms with Gasteiger partial charge in [-0.2, -0.15) is 5.26 Å². The van der Waals surface area contributed by atoms with E-state index in [-0.39, 0.29) is 13.2 Å². The molecule has 1 saturated heterocycles. The lowest BCUT2D eigenvalue weighted by molar-refractivity contribution is -0.147. The number of carboxylic acids is 1. The van der Waals surface area contributed by atoms with Gasteiger partial charge in [-0.25, -0.2) is 4.79 Å². The highest BCUT2D eigenvalue weighted by molar-refractivity contribution is 5.97. The Kier molecular flexibility index (Phi) is 3.78. The summed E-state index contributed by atoms with van der Waals surface area (Å²) in [6.45, 7) is 0.527. The number of amides is 1. The van der Waals surface area contributed by atoms with Crippen molar-refractivity contribution in [1.82, 2.24) is 4.90 Å². The van der Waals surface area contributed by atoms with Crippen LogP contribution in [0.2, 0.25) is 0 Å². The highest BCUT2D eigenvalue weighted by Crippen LogP contribution is 2.14. The lowest BCUT2D eigenvalue weighted by Crippen LogP contribution is -2.52. The third kappa shape index (κ3) is 2.72. The summed E-state index contributed by atoms with van der Waals surface area (Å²) < 4.78 is 5.08. The Morgan fingerprint density at radius 1 is 1.47 bits per heavy atom. The zero-order chi connectivity index (χ0) is 13.8. The Morgan fingerprint density at radius 2 is 2.26 bits per heavy atom. The normalized spacial score (nSPS) is 18.7. The first kappa shape index (κ1) is 13.1. The second kappa shape index (κ2) is 5.50. The average molecular weight is 260 g/mol. The predicted molar refractivity (Wildman–Crippen MR) is 64.4 cm³/mol. The molecule has 19 heavy (non-hydrogen) atoms. The van der Waals surface area contributed by atoms with Crippen LogP contribution in [0.25, 0.3) is 0 Å². The molecule has 1 unspecified atom stereocenters. The number of rotatable bonds is 2. The fourth-order valence-electron chi connectivity index (χ4n) is 1.94. The molecule has 0 saturated carbocycles. The first-order valence-corrected chi connectivity index (χ1v) is 5.75. The lowest BCUT2D eigenvalue weighted by Gasteiger charge is -2.32. The molecule has 1 aromatic carbocycles. The summed E-state index contributed by atoms with van der Waals surface area (Å²) in [5.41, 5.74) is 0.679. The van der Waals surface area contributed by atoms with Gasteiger partial charge in [0, 0.05) is 12.1 Å². The lowest BCUT2D eigenvalue weighted by atomic mass is 10.1. The van der Waals surface area contributed by atoms with Crippen molar-refractivity contribution in [3.8, 4) is 6.07 Å². The van der Waals surface area contributed by atoms with Crippen molar-refractivity contribution >= 4 is 11.9 Å². The van der Waals surface area contributed by atoms with E-state index in [1.54, 1.807) is 18.2 Å². The molecular formula is C13H12N2O4. The Hall–Kier alpha value is -2.39. The van der Waals surface area contributed by atoms with Gasteiger partial charge >= 0.3 is 5.97 Å². The minimum atomic E-state index is -1.09. The molecule has 2 rings (SSSR count). The van der Waals surface area contributed by atoms with Crippen molar-refractivity contribution in [1.29, 1.82) is 5.26 Å². The van der Waals surface area contributed by atoms with Crippen LogP contribution in [0.4, 0.5) is 0 Å². The van der Waals surface area contributed by atoms with Gasteiger partial charge in [-0.1, -0.05) is 6.07 Å². The summed E-state index contributed by atoms with van der Waals surface area (Å²) >= 11 is 0. The smallest absolute Gasteiger partial charge is 0.328 e. The van der Waals surface area contributed by atoms with E-state index in [1.807, 2.05) is 6.07 Å². The van der Waals surface area contributed by atoms with Crippen molar-refractivity contribution in [3.63, 3.8) is 0 Å². The standard InChI is InChI=1S/C13H12N2O4/c14-7-9-2-1-3-10(6-9)12(16)15-4-5-19-8-11(15)13(17)18/h1-3,6,11H,4-5,8H2,(H,17,18). The number of morpholine rings is 1. The quantitative estimate of drug-likeness (QED) is 0.835. The molecule has 0 radical (unpaired) electrons. The Labute approximate surface area is 109 Å². The van der Waals surface area contributed by atoms with E-state index in [0.29, 0.717) is 17.7 Å². The molecule has 0 aromatic heterocycles. The molecule has 0 aliphatic carbocycles. The number of hydrogen-bond acceptors (Lipinski definition) is 4. The molecule has 1 amide bonds. The minimum Gasteiger partial charge on any atom is -0.480 e. The maximum absolute atomic E-state index is 12.3. The molecule has 1 aromatic rings. The first-order chi connectivity index (χ1) is 9.13. The summed E-state index contributed by atoms with van der Waals surface area (Å²) in [6, 6.07) is 7.18. The molecule has 1 aliphatic rings. The van der Waals surface area contributed by atoms with Crippen molar-refractivity contribution < 1.29 is 19.4 Å². The topological polar surface area (TPSA) is 90.6 Å². The molecule has 1 fully saturated rings. The number of carbonyl (C=O) groups is 2. The molecule has 0 bridgehead atoms. The van der Waals surface area contributed by atoms with Crippen LogP contribution in [0.5, 0.6) is 0 Å². The third-order valence-electron chi connectivity index (χ3n) is 2.91. The summed E-state index contributed by atoms with van der Waals surface area (Å²) in [6.07, 6.45) is 0. The van der Waals surface area contributed by atoms with Gasteiger partial charge in [0.25, 0.3) is 5.91 Å². The van der Waals surface area contributed by atoms with Gasteiger partial charge in [-0.05, 0) is 18.2 Å². The summed E-state index contributed by atoms with van der Waals surface area (Å²) in [7, 11) is 0. The van der Waals surface area contributed by atoms with Crippen LogP contribution in [-0.4, -0.2) is 47.7 Å². The SMILES string of the molecule is N#Cc1cccc(C(=O)N2CCOCC2C(=O)O)c1. The van der Waals surface area contributed by atoms with Crippen LogP contribution in [0.15, 0.2) is 24.3 Å². The Morgan fingerprint density at radius 3 is 2.95 bits per heavy atom. The van der Waals surface area contributed by atoms with Gasteiger partial charge in [0.1, 0.15) is 0 Å². The maximum Gasteiger partial charge on any atom is 0.328 e. The Bertz CT molecular complexity index is 550. The number of nitriles is 1. The van der Waals surface area contributed by atoms with Gasteiger partial charge < -0.3 is 14.7 Å². The number of ether oxygens (including phenoxy) is 1. The zero-order valence-electron chi connectivity index (χ0n) is 10.1. The molecular weight excluding hydrogens is 248 g/mol. The molecule has 1 heterocycles. The number of carboxylic acid groups (broad SMARTS) is 1. The summed E-state index contributed by atoms with van der Waals surface area (Å²) in [5, 5.41) is 17.9. The number of aliphatic carboxylic acids is 1. The molecule has 98 valence electrons. The molecule has 0 spiro atoms. The van der Waals surface area contributed by atoms with Crippen molar-refractivity contribution in [2.24, 2.45) is 0 Å². The van der Waals surface area contributed by atoms with Crippen molar-refractivity contribution in [3.05, 3.63) is 35.4 Å². The fraction of sp³-hybridized carbons (Fsp3) is 0.308. The van der Waals surface area contributed by atoms with E-state index in [4.69, 9.17) is 15.1 Å². The van der Waals surface area contributed by atoms with Crippen LogP contribution in [0.3, 0.4) is 0 Å². The van der Waals surface area contributed by atoms with E-state index in [0.717, 1.165) is 0 Å². The Balaban J connectivity index is 2.26. The van der Waals surface area contributed by atoms with E-state index in [2.05, 4.69) is 0 Å². The highest BCUT2D eigenvalue weighted by atomic mass is 16.5. The number of hydrogen-bond donors (Lipinski definition) is 1. The highest BCUT2D eigenvalue weighted by Gasteiger charge is 2.33. The van der Waals surface area contributed by atoms with Crippen LogP contribution >= 0.6 is 0 Å². The average Bonchev–Trinajstić information content (AvgIpc) is 2.46. The summed E-state index contributed by atoms with van der Waals surface area (Å²) in [5.74, 6) is -1.49. The molecule has 6 nitrogen and oxygen atoms in total. The summed E-state index contributed by atoms with van der Waals surface area (Å²) in [4.78, 5) is 24.6. The minimum absolute atomic E-state index is 0.0149. The maximum atomic E-state index is 12.3. The van der Waals surface area contributed by atoms with Crippen molar-refractivity contribution in [2.75, 3.05) is 19.8 Å². The van der Waals surface area contributed by atoms with E-state index >= 15 is 0 Å². The molecule has 1 N–H and O–H groups in total. The van der Waals surface area contributed by atoms with Gasteiger partial charge in [0.05, 0.1) is 24.8 Å². The zero-order valence-corrected chi connectivity index (χ0v) is 10.1. The fourth-order valence-corrected chi connectivity index (χ4v) is 1.94.